The first-order valence-electron chi connectivity index (χ1n) is 8.44. The Balaban J connectivity index is 1.69. The second-order valence-electron chi connectivity index (χ2n) is 6.44. The smallest absolute Gasteiger partial charge is 0.410 e. The van der Waals surface area contributed by atoms with E-state index >= 15 is 0 Å². The van der Waals surface area contributed by atoms with Crippen molar-refractivity contribution in [2.45, 2.75) is 24.7 Å². The minimum absolute atomic E-state index is 0.181. The molecule has 3 heterocycles. The first kappa shape index (κ1) is 19.0. The first-order chi connectivity index (χ1) is 13.7. The standard InChI is InChI=1S/C18H13F5N4O2/c19-9-3-4-12(11(20)6-9)26-17(28)10-8-24-27-15(18(21,22)23)7-13(25-16(10)27)14-2-1-5-29-14/h1-6,8,13,15,25H,7H2,(H,26,28)/t13-,15-/m0/s1. The van der Waals surface area contributed by atoms with Gasteiger partial charge in [-0.15, -0.1) is 0 Å². The topological polar surface area (TPSA) is 72.1 Å². The number of hydrogen-bond donors (Lipinski definition) is 2. The maximum absolute atomic E-state index is 13.8. The molecule has 2 aromatic heterocycles. The molecular weight excluding hydrogens is 399 g/mol. The van der Waals surface area contributed by atoms with E-state index in [9.17, 15) is 26.7 Å². The van der Waals surface area contributed by atoms with Crippen molar-refractivity contribution in [2.24, 2.45) is 0 Å². The number of amides is 1. The summed E-state index contributed by atoms with van der Waals surface area (Å²) in [4.78, 5) is 12.6. The highest BCUT2D eigenvalue weighted by Gasteiger charge is 2.47. The summed E-state index contributed by atoms with van der Waals surface area (Å²) in [7, 11) is 0. The lowest BCUT2D eigenvalue weighted by atomic mass is 10.0. The fraction of sp³-hybridized carbons (Fsp3) is 0.222. The zero-order valence-electron chi connectivity index (χ0n) is 14.5. The van der Waals surface area contributed by atoms with Crippen LogP contribution < -0.4 is 10.6 Å². The van der Waals surface area contributed by atoms with Gasteiger partial charge in [0.05, 0.1) is 24.2 Å². The maximum atomic E-state index is 13.8. The number of nitrogens with one attached hydrogen (secondary N) is 2. The molecule has 0 bridgehead atoms. The van der Waals surface area contributed by atoms with E-state index in [0.29, 0.717) is 10.7 Å². The highest BCUT2D eigenvalue weighted by atomic mass is 19.4. The highest BCUT2D eigenvalue weighted by molar-refractivity contribution is 6.07. The molecule has 0 radical (unpaired) electrons. The van der Waals surface area contributed by atoms with Crippen molar-refractivity contribution in [3.63, 3.8) is 0 Å². The van der Waals surface area contributed by atoms with Crippen LogP contribution in [0.1, 0.15) is 34.6 Å². The Morgan fingerprint density at radius 2 is 2.07 bits per heavy atom. The molecular formula is C18H13F5N4O2. The molecule has 152 valence electrons. The van der Waals surface area contributed by atoms with Crippen molar-refractivity contribution in [3.05, 3.63) is 65.7 Å². The molecule has 0 aliphatic carbocycles. The van der Waals surface area contributed by atoms with Gasteiger partial charge in [-0.05, 0) is 24.3 Å². The summed E-state index contributed by atoms with van der Waals surface area (Å²) in [6, 6.07) is 2.75. The summed E-state index contributed by atoms with van der Waals surface area (Å²) in [6.45, 7) is 0. The third-order valence-corrected chi connectivity index (χ3v) is 4.55. The Morgan fingerprint density at radius 3 is 2.72 bits per heavy atom. The van der Waals surface area contributed by atoms with Crippen LogP contribution in [0.5, 0.6) is 0 Å². The van der Waals surface area contributed by atoms with Crippen LogP contribution in [0.15, 0.2) is 47.2 Å². The molecule has 1 aliphatic heterocycles. The van der Waals surface area contributed by atoms with Crippen molar-refractivity contribution in [2.75, 3.05) is 10.6 Å². The predicted molar refractivity (Wildman–Crippen MR) is 91.3 cm³/mol. The van der Waals surface area contributed by atoms with Gasteiger partial charge in [0.15, 0.2) is 6.04 Å². The second kappa shape index (κ2) is 6.90. The molecule has 1 aromatic carbocycles. The van der Waals surface area contributed by atoms with Gasteiger partial charge in [-0.1, -0.05) is 0 Å². The fourth-order valence-corrected chi connectivity index (χ4v) is 3.19. The summed E-state index contributed by atoms with van der Waals surface area (Å²) < 4.78 is 73.4. The number of halogens is 5. The van der Waals surface area contributed by atoms with Gasteiger partial charge in [-0.2, -0.15) is 18.3 Å². The van der Waals surface area contributed by atoms with E-state index in [1.807, 2.05) is 0 Å². The number of carbonyl (C=O) groups excluding carboxylic acids is 1. The van der Waals surface area contributed by atoms with Crippen molar-refractivity contribution in [1.29, 1.82) is 0 Å². The number of rotatable bonds is 3. The number of anilines is 2. The van der Waals surface area contributed by atoms with Gasteiger partial charge >= 0.3 is 6.18 Å². The summed E-state index contributed by atoms with van der Waals surface area (Å²) in [5.41, 5.74) is -0.540. The van der Waals surface area contributed by atoms with E-state index in [-0.39, 0.29) is 29.2 Å². The van der Waals surface area contributed by atoms with Crippen LogP contribution in [0.3, 0.4) is 0 Å². The van der Waals surface area contributed by atoms with Crippen LogP contribution in [0.2, 0.25) is 0 Å². The number of alkyl halides is 3. The van der Waals surface area contributed by atoms with Gasteiger partial charge < -0.3 is 15.1 Å². The number of carbonyl (C=O) groups is 1. The molecule has 0 saturated carbocycles. The van der Waals surface area contributed by atoms with Gasteiger partial charge in [0.1, 0.15) is 28.8 Å². The lowest BCUT2D eigenvalue weighted by Crippen LogP contribution is -2.36. The third kappa shape index (κ3) is 3.55. The predicted octanol–water partition coefficient (Wildman–Crippen LogP) is 4.67. The van der Waals surface area contributed by atoms with Crippen molar-refractivity contribution in [3.8, 4) is 0 Å². The van der Waals surface area contributed by atoms with Gasteiger partial charge in [0, 0.05) is 12.5 Å². The number of benzene rings is 1. The van der Waals surface area contributed by atoms with E-state index in [4.69, 9.17) is 4.42 Å². The normalized spacial score (nSPS) is 18.8. The largest absolute Gasteiger partial charge is 0.467 e. The molecule has 0 fully saturated rings. The SMILES string of the molecule is O=C(Nc1ccc(F)cc1F)c1cnn2c1N[C@H](c1ccco1)C[C@H]2C(F)(F)F. The van der Waals surface area contributed by atoms with Gasteiger partial charge in [-0.25, -0.2) is 13.5 Å². The molecule has 3 aromatic rings. The number of fused-ring (bicyclic) bond motifs is 1. The number of furan rings is 1. The molecule has 0 unspecified atom stereocenters. The van der Waals surface area contributed by atoms with Crippen LogP contribution >= 0.6 is 0 Å². The zero-order chi connectivity index (χ0) is 20.8. The Kier molecular flexibility index (Phi) is 4.52. The van der Waals surface area contributed by atoms with Crippen LogP contribution in [0.25, 0.3) is 0 Å². The zero-order valence-corrected chi connectivity index (χ0v) is 14.5. The van der Waals surface area contributed by atoms with E-state index in [1.165, 1.54) is 18.4 Å². The van der Waals surface area contributed by atoms with E-state index in [1.54, 1.807) is 0 Å². The lowest BCUT2D eigenvalue weighted by Gasteiger charge is -2.32. The molecule has 2 atom stereocenters. The molecule has 0 saturated heterocycles. The van der Waals surface area contributed by atoms with E-state index in [0.717, 1.165) is 18.3 Å². The van der Waals surface area contributed by atoms with Gasteiger partial charge in [-0.3, -0.25) is 4.79 Å². The number of hydrogen-bond acceptors (Lipinski definition) is 4. The third-order valence-electron chi connectivity index (χ3n) is 4.55. The number of nitrogens with zero attached hydrogens (tertiary/aromatic N) is 2. The quantitative estimate of drug-likeness (QED) is 0.614. The first-order valence-corrected chi connectivity index (χ1v) is 8.44. The maximum Gasteiger partial charge on any atom is 0.410 e. The summed E-state index contributed by atoms with van der Waals surface area (Å²) in [5, 5.41) is 8.76. The molecule has 6 nitrogen and oxygen atoms in total. The minimum Gasteiger partial charge on any atom is -0.467 e. The molecule has 1 aliphatic rings. The van der Waals surface area contributed by atoms with Crippen molar-refractivity contribution >= 4 is 17.4 Å². The molecule has 29 heavy (non-hydrogen) atoms. The minimum atomic E-state index is -4.62. The molecule has 2 N–H and O–H groups in total. The summed E-state index contributed by atoms with van der Waals surface area (Å²) in [5.74, 6) is -2.67. The van der Waals surface area contributed by atoms with Gasteiger partial charge in [0.25, 0.3) is 5.91 Å². The average Bonchev–Trinajstić information content (AvgIpc) is 3.31. The fourth-order valence-electron chi connectivity index (χ4n) is 3.19. The number of aromatic nitrogens is 2. The monoisotopic (exact) mass is 412 g/mol. The molecule has 11 heteroatoms. The summed E-state index contributed by atoms with van der Waals surface area (Å²) in [6.07, 6.45) is -2.72. The average molecular weight is 412 g/mol. The van der Waals surface area contributed by atoms with Crippen LogP contribution in [-0.2, 0) is 0 Å². The van der Waals surface area contributed by atoms with Crippen LogP contribution in [-0.4, -0.2) is 21.9 Å². The van der Waals surface area contributed by atoms with Crippen LogP contribution in [0.4, 0.5) is 33.5 Å². The Labute approximate surface area is 160 Å². The lowest BCUT2D eigenvalue weighted by molar-refractivity contribution is -0.174. The second-order valence-corrected chi connectivity index (χ2v) is 6.44. The van der Waals surface area contributed by atoms with Crippen molar-refractivity contribution in [1.82, 2.24) is 9.78 Å². The van der Waals surface area contributed by atoms with E-state index in [2.05, 4.69) is 15.7 Å². The van der Waals surface area contributed by atoms with Crippen LogP contribution in [0, 0.1) is 11.6 Å². The Bertz CT molecular complexity index is 1050. The van der Waals surface area contributed by atoms with Crippen molar-refractivity contribution < 1.29 is 31.2 Å². The molecule has 0 spiro atoms. The molecule has 1 amide bonds. The van der Waals surface area contributed by atoms with Gasteiger partial charge in [0.2, 0.25) is 0 Å². The van der Waals surface area contributed by atoms with E-state index < -0.39 is 35.8 Å². The highest BCUT2D eigenvalue weighted by Crippen LogP contribution is 2.44. The summed E-state index contributed by atoms with van der Waals surface area (Å²) >= 11 is 0. The Hall–Kier alpha value is -3.37. The molecule has 4 rings (SSSR count). The Morgan fingerprint density at radius 1 is 1.28 bits per heavy atom.